The fraction of sp³-hybridized carbons (Fsp3) is 0.389. The molecule has 0 aliphatic heterocycles. The molecular formula is C18H22O2. The second-order valence-corrected chi connectivity index (χ2v) is 5.32. The predicted molar refractivity (Wildman–Crippen MR) is 81.6 cm³/mol. The van der Waals surface area contributed by atoms with Crippen LogP contribution in [0.15, 0.2) is 53.6 Å². The quantitative estimate of drug-likeness (QED) is 0.742. The van der Waals surface area contributed by atoms with E-state index in [2.05, 4.69) is 13.5 Å². The molecule has 0 bridgehead atoms. The summed E-state index contributed by atoms with van der Waals surface area (Å²) in [6.45, 7) is 6.71. The average Bonchev–Trinajstić information content (AvgIpc) is 2.48. The molecule has 2 rings (SSSR count). The van der Waals surface area contributed by atoms with Crippen LogP contribution in [0.1, 0.15) is 49.4 Å². The van der Waals surface area contributed by atoms with Crippen molar-refractivity contribution in [3.63, 3.8) is 0 Å². The van der Waals surface area contributed by atoms with Crippen molar-refractivity contribution in [3.8, 4) is 0 Å². The lowest BCUT2D eigenvalue weighted by Gasteiger charge is -2.20. The van der Waals surface area contributed by atoms with Gasteiger partial charge in [0, 0.05) is 6.42 Å². The molecule has 0 radical (unpaired) electrons. The summed E-state index contributed by atoms with van der Waals surface area (Å²) >= 11 is 0. The highest BCUT2D eigenvalue weighted by molar-refractivity contribution is 5.89. The first-order valence-electron chi connectivity index (χ1n) is 7.27. The topological polar surface area (TPSA) is 26.3 Å². The van der Waals surface area contributed by atoms with E-state index in [-0.39, 0.29) is 5.97 Å². The van der Waals surface area contributed by atoms with Gasteiger partial charge in [0.2, 0.25) is 0 Å². The van der Waals surface area contributed by atoms with E-state index in [0.717, 1.165) is 19.3 Å². The van der Waals surface area contributed by atoms with Gasteiger partial charge in [-0.15, -0.1) is 0 Å². The van der Waals surface area contributed by atoms with E-state index in [9.17, 15) is 4.79 Å². The molecule has 0 heterocycles. The summed E-state index contributed by atoms with van der Waals surface area (Å²) in [4.78, 5) is 11.8. The van der Waals surface area contributed by atoms with Gasteiger partial charge in [-0.2, -0.15) is 0 Å². The van der Waals surface area contributed by atoms with Crippen molar-refractivity contribution in [2.45, 2.75) is 39.0 Å². The van der Waals surface area contributed by atoms with E-state index in [1.807, 2.05) is 18.2 Å². The maximum atomic E-state index is 11.8. The number of allylic oxidation sites excluding steroid dienone is 2. The SMILES string of the molecule is C=C1CCCC/C1=C(/C)CCOC(=O)c1ccccc1. The van der Waals surface area contributed by atoms with Gasteiger partial charge in [0.25, 0.3) is 0 Å². The van der Waals surface area contributed by atoms with Crippen LogP contribution in [0.5, 0.6) is 0 Å². The van der Waals surface area contributed by atoms with Crippen LogP contribution in [0.2, 0.25) is 0 Å². The third-order valence-electron chi connectivity index (χ3n) is 3.82. The van der Waals surface area contributed by atoms with Crippen LogP contribution in [0.25, 0.3) is 0 Å². The first-order chi connectivity index (χ1) is 9.68. The maximum absolute atomic E-state index is 11.8. The van der Waals surface area contributed by atoms with Gasteiger partial charge in [-0.3, -0.25) is 0 Å². The first-order valence-corrected chi connectivity index (χ1v) is 7.27. The summed E-state index contributed by atoms with van der Waals surface area (Å²) in [5.41, 5.74) is 4.59. The van der Waals surface area contributed by atoms with Gasteiger partial charge in [-0.05, 0) is 50.3 Å². The van der Waals surface area contributed by atoms with Crippen molar-refractivity contribution in [1.82, 2.24) is 0 Å². The minimum atomic E-state index is -0.245. The van der Waals surface area contributed by atoms with Crippen LogP contribution in [0.3, 0.4) is 0 Å². The lowest BCUT2D eigenvalue weighted by atomic mass is 9.87. The molecule has 0 aromatic heterocycles. The molecule has 2 nitrogen and oxygen atoms in total. The fourth-order valence-electron chi connectivity index (χ4n) is 2.59. The maximum Gasteiger partial charge on any atom is 0.338 e. The number of carbonyl (C=O) groups excluding carboxylic acids is 1. The Kier molecular flexibility index (Phi) is 5.16. The van der Waals surface area contributed by atoms with Gasteiger partial charge in [-0.1, -0.05) is 35.9 Å². The number of carbonyl (C=O) groups is 1. The van der Waals surface area contributed by atoms with Gasteiger partial charge in [0.05, 0.1) is 12.2 Å². The van der Waals surface area contributed by atoms with Crippen LogP contribution in [0.4, 0.5) is 0 Å². The third-order valence-corrected chi connectivity index (χ3v) is 3.82. The van der Waals surface area contributed by atoms with Crippen molar-refractivity contribution >= 4 is 5.97 Å². The summed E-state index contributed by atoms with van der Waals surface area (Å²) in [5, 5.41) is 0. The van der Waals surface area contributed by atoms with Crippen molar-refractivity contribution in [1.29, 1.82) is 0 Å². The molecular weight excluding hydrogens is 248 g/mol. The van der Waals surface area contributed by atoms with Gasteiger partial charge in [-0.25, -0.2) is 4.79 Å². The number of esters is 1. The second-order valence-electron chi connectivity index (χ2n) is 5.32. The Bertz CT molecular complexity index is 511. The van der Waals surface area contributed by atoms with E-state index in [4.69, 9.17) is 4.74 Å². The van der Waals surface area contributed by atoms with Crippen molar-refractivity contribution in [2.24, 2.45) is 0 Å². The van der Waals surface area contributed by atoms with Gasteiger partial charge in [0.1, 0.15) is 0 Å². The Labute approximate surface area is 121 Å². The molecule has 1 aromatic rings. The molecule has 0 saturated heterocycles. The average molecular weight is 270 g/mol. The van der Waals surface area contributed by atoms with E-state index in [1.165, 1.54) is 29.6 Å². The minimum absolute atomic E-state index is 0.245. The molecule has 0 spiro atoms. The van der Waals surface area contributed by atoms with Crippen LogP contribution < -0.4 is 0 Å². The molecule has 1 saturated carbocycles. The van der Waals surface area contributed by atoms with Crippen LogP contribution >= 0.6 is 0 Å². The first kappa shape index (κ1) is 14.6. The summed E-state index contributed by atoms with van der Waals surface area (Å²) in [5.74, 6) is -0.245. The summed E-state index contributed by atoms with van der Waals surface area (Å²) < 4.78 is 5.32. The summed E-state index contributed by atoms with van der Waals surface area (Å²) in [7, 11) is 0. The van der Waals surface area contributed by atoms with Crippen molar-refractivity contribution < 1.29 is 9.53 Å². The van der Waals surface area contributed by atoms with E-state index in [1.54, 1.807) is 12.1 Å². The molecule has 0 atom stereocenters. The zero-order valence-corrected chi connectivity index (χ0v) is 12.2. The minimum Gasteiger partial charge on any atom is -0.462 e. The number of benzene rings is 1. The van der Waals surface area contributed by atoms with E-state index >= 15 is 0 Å². The van der Waals surface area contributed by atoms with E-state index in [0.29, 0.717) is 12.2 Å². The third kappa shape index (κ3) is 3.83. The van der Waals surface area contributed by atoms with Gasteiger partial charge < -0.3 is 4.74 Å². The Morgan fingerprint density at radius 1 is 1.20 bits per heavy atom. The zero-order chi connectivity index (χ0) is 14.4. The molecule has 1 fully saturated rings. The predicted octanol–water partition coefficient (Wildman–Crippen LogP) is 4.68. The Balaban J connectivity index is 1.85. The highest BCUT2D eigenvalue weighted by Gasteiger charge is 2.13. The largest absolute Gasteiger partial charge is 0.462 e. The van der Waals surface area contributed by atoms with Crippen molar-refractivity contribution in [2.75, 3.05) is 6.61 Å². The summed E-state index contributed by atoms with van der Waals surface area (Å²) in [6, 6.07) is 9.12. The highest BCUT2D eigenvalue weighted by Crippen LogP contribution is 2.30. The van der Waals surface area contributed by atoms with Crippen LogP contribution in [-0.2, 0) is 4.74 Å². The molecule has 1 aromatic carbocycles. The standard InChI is InChI=1S/C18H22O2/c1-14-8-6-7-11-17(14)15(2)12-13-20-18(19)16-9-4-3-5-10-16/h3-5,9-10H,1,6-8,11-13H2,2H3/b17-15+. The number of rotatable bonds is 4. The summed E-state index contributed by atoms with van der Waals surface area (Å²) in [6.07, 6.45) is 5.52. The Morgan fingerprint density at radius 3 is 2.60 bits per heavy atom. The monoisotopic (exact) mass is 270 g/mol. The van der Waals surface area contributed by atoms with Gasteiger partial charge >= 0.3 is 5.97 Å². The number of ether oxygens (including phenoxy) is 1. The van der Waals surface area contributed by atoms with Gasteiger partial charge in [0.15, 0.2) is 0 Å². The normalized spacial score (nSPS) is 17.8. The molecule has 0 unspecified atom stereocenters. The zero-order valence-electron chi connectivity index (χ0n) is 12.2. The van der Waals surface area contributed by atoms with Crippen LogP contribution in [0, 0.1) is 0 Å². The highest BCUT2D eigenvalue weighted by atomic mass is 16.5. The smallest absolute Gasteiger partial charge is 0.338 e. The van der Waals surface area contributed by atoms with Crippen LogP contribution in [-0.4, -0.2) is 12.6 Å². The molecule has 106 valence electrons. The number of hydrogen-bond donors (Lipinski definition) is 0. The lowest BCUT2D eigenvalue weighted by Crippen LogP contribution is -2.08. The molecule has 1 aliphatic rings. The molecule has 2 heteroatoms. The molecule has 1 aliphatic carbocycles. The second kappa shape index (κ2) is 7.09. The number of hydrogen-bond acceptors (Lipinski definition) is 2. The molecule has 0 amide bonds. The molecule has 0 N–H and O–H groups in total. The van der Waals surface area contributed by atoms with E-state index < -0.39 is 0 Å². The lowest BCUT2D eigenvalue weighted by molar-refractivity contribution is 0.0509. The Morgan fingerprint density at radius 2 is 1.90 bits per heavy atom. The fourth-order valence-corrected chi connectivity index (χ4v) is 2.59. The Hall–Kier alpha value is -1.83. The molecule has 20 heavy (non-hydrogen) atoms. The van der Waals surface area contributed by atoms with Crippen molar-refractivity contribution in [3.05, 3.63) is 59.2 Å².